The first-order valence-electron chi connectivity index (χ1n) is 3.56. The fourth-order valence-electron chi connectivity index (χ4n) is 0.934. The maximum atomic E-state index is 5.70. The first kappa shape index (κ1) is 8.50. The molecule has 1 heterocycles. The number of nitrogens with two attached hydrogens (primary N) is 1. The van der Waals surface area contributed by atoms with E-state index in [1.165, 1.54) is 0 Å². The highest BCUT2D eigenvalue weighted by Gasteiger charge is 1.98. The predicted molar refractivity (Wildman–Crippen MR) is 46.7 cm³/mol. The molecule has 0 atom stereocenters. The van der Waals surface area contributed by atoms with Crippen LogP contribution in [0.5, 0.6) is 0 Å². The largest absolute Gasteiger partial charge is 0.330 e. The highest BCUT2D eigenvalue weighted by atomic mass is 35.5. The molecule has 0 saturated heterocycles. The van der Waals surface area contributed by atoms with Crippen molar-refractivity contribution in [2.24, 2.45) is 5.73 Å². The highest BCUT2D eigenvalue weighted by Crippen LogP contribution is 2.10. The molecule has 11 heavy (non-hydrogen) atoms. The average molecular weight is 171 g/mol. The van der Waals surface area contributed by atoms with Gasteiger partial charge in [-0.3, -0.25) is 0 Å². The summed E-state index contributed by atoms with van der Waals surface area (Å²) in [5.41, 5.74) is 7.55. The van der Waals surface area contributed by atoms with Gasteiger partial charge in [-0.05, 0) is 25.1 Å². The van der Waals surface area contributed by atoms with E-state index in [0.717, 1.165) is 17.7 Å². The van der Waals surface area contributed by atoms with E-state index in [9.17, 15) is 0 Å². The van der Waals surface area contributed by atoms with E-state index in [-0.39, 0.29) is 0 Å². The molecule has 0 saturated carbocycles. The van der Waals surface area contributed by atoms with Crippen LogP contribution in [0, 0.1) is 6.92 Å². The number of halogens is 1. The molecule has 0 bridgehead atoms. The smallest absolute Gasteiger partial charge is 0.129 e. The van der Waals surface area contributed by atoms with Crippen molar-refractivity contribution in [3.05, 3.63) is 28.5 Å². The first-order valence-corrected chi connectivity index (χ1v) is 3.94. The van der Waals surface area contributed by atoms with E-state index in [0.29, 0.717) is 11.7 Å². The van der Waals surface area contributed by atoms with Crippen LogP contribution in [0.25, 0.3) is 0 Å². The number of hydrogen-bond donors (Lipinski definition) is 1. The van der Waals surface area contributed by atoms with E-state index in [1.54, 1.807) is 6.07 Å². The van der Waals surface area contributed by atoms with E-state index < -0.39 is 0 Å². The van der Waals surface area contributed by atoms with Gasteiger partial charge in [0.05, 0.1) is 0 Å². The summed E-state index contributed by atoms with van der Waals surface area (Å²) < 4.78 is 0. The van der Waals surface area contributed by atoms with Crippen LogP contribution in [0.2, 0.25) is 5.15 Å². The summed E-state index contributed by atoms with van der Waals surface area (Å²) in [5, 5.41) is 0.541. The van der Waals surface area contributed by atoms with Gasteiger partial charge < -0.3 is 5.73 Å². The molecule has 2 N–H and O–H groups in total. The summed E-state index contributed by atoms with van der Waals surface area (Å²) in [4.78, 5) is 4.15. The minimum atomic E-state index is 0.541. The molecule has 0 spiro atoms. The van der Waals surface area contributed by atoms with Crippen LogP contribution in [0.15, 0.2) is 12.1 Å². The Morgan fingerprint density at radius 3 is 2.91 bits per heavy atom. The second kappa shape index (κ2) is 3.69. The summed E-state index contributed by atoms with van der Waals surface area (Å²) in [6, 6.07) is 3.75. The van der Waals surface area contributed by atoms with E-state index >= 15 is 0 Å². The SMILES string of the molecule is Cc1ccc(Cl)nc1CCN. The molecule has 2 nitrogen and oxygen atoms in total. The molecular formula is C8H11ClN2. The van der Waals surface area contributed by atoms with Gasteiger partial charge in [0.25, 0.3) is 0 Å². The average Bonchev–Trinajstić information content (AvgIpc) is 1.98. The molecule has 0 fully saturated rings. The maximum Gasteiger partial charge on any atom is 0.129 e. The Morgan fingerprint density at radius 2 is 2.27 bits per heavy atom. The van der Waals surface area contributed by atoms with Crippen molar-refractivity contribution < 1.29 is 0 Å². The quantitative estimate of drug-likeness (QED) is 0.684. The van der Waals surface area contributed by atoms with Crippen molar-refractivity contribution in [2.75, 3.05) is 6.54 Å². The zero-order chi connectivity index (χ0) is 8.27. The number of aryl methyl sites for hydroxylation is 1. The lowest BCUT2D eigenvalue weighted by molar-refractivity contribution is 0.910. The number of nitrogens with zero attached hydrogens (tertiary/aromatic N) is 1. The van der Waals surface area contributed by atoms with E-state index in [1.807, 2.05) is 13.0 Å². The normalized spacial score (nSPS) is 10.1. The Bertz CT molecular complexity index is 248. The van der Waals surface area contributed by atoms with E-state index in [4.69, 9.17) is 17.3 Å². The molecule has 0 aliphatic carbocycles. The van der Waals surface area contributed by atoms with Crippen molar-refractivity contribution in [3.8, 4) is 0 Å². The summed E-state index contributed by atoms with van der Waals surface area (Å²) in [6.07, 6.45) is 0.798. The Labute approximate surface area is 71.4 Å². The predicted octanol–water partition coefficient (Wildman–Crippen LogP) is 1.54. The van der Waals surface area contributed by atoms with Crippen molar-refractivity contribution in [1.29, 1.82) is 0 Å². The Balaban J connectivity index is 2.93. The number of rotatable bonds is 2. The van der Waals surface area contributed by atoms with Gasteiger partial charge in [0, 0.05) is 12.1 Å². The van der Waals surface area contributed by atoms with E-state index in [2.05, 4.69) is 4.98 Å². The number of aromatic nitrogens is 1. The van der Waals surface area contributed by atoms with Crippen molar-refractivity contribution in [3.63, 3.8) is 0 Å². The second-order valence-corrected chi connectivity index (χ2v) is 2.82. The van der Waals surface area contributed by atoms with Gasteiger partial charge in [0.15, 0.2) is 0 Å². The molecule has 1 aromatic heterocycles. The molecule has 1 aromatic rings. The van der Waals surface area contributed by atoms with Crippen LogP contribution in [0.3, 0.4) is 0 Å². The zero-order valence-corrected chi connectivity index (χ0v) is 7.23. The van der Waals surface area contributed by atoms with Gasteiger partial charge in [-0.15, -0.1) is 0 Å². The summed E-state index contributed by atoms with van der Waals surface area (Å²) in [5.74, 6) is 0. The molecule has 60 valence electrons. The Kier molecular flexibility index (Phi) is 2.85. The van der Waals surface area contributed by atoms with Crippen molar-refractivity contribution in [1.82, 2.24) is 4.98 Å². The molecular weight excluding hydrogens is 160 g/mol. The third kappa shape index (κ3) is 2.17. The van der Waals surface area contributed by atoms with Gasteiger partial charge >= 0.3 is 0 Å². The highest BCUT2D eigenvalue weighted by molar-refractivity contribution is 6.29. The summed E-state index contributed by atoms with van der Waals surface area (Å²) >= 11 is 5.70. The summed E-state index contributed by atoms with van der Waals surface area (Å²) in [6.45, 7) is 2.63. The van der Waals surface area contributed by atoms with Crippen LogP contribution in [-0.4, -0.2) is 11.5 Å². The molecule has 0 unspecified atom stereocenters. The van der Waals surface area contributed by atoms with Gasteiger partial charge in [-0.1, -0.05) is 17.7 Å². The van der Waals surface area contributed by atoms with Crippen LogP contribution in [-0.2, 0) is 6.42 Å². The standard InChI is InChI=1S/C8H11ClN2/c1-6-2-3-8(9)11-7(6)4-5-10/h2-3H,4-5,10H2,1H3. The molecule has 0 aromatic carbocycles. The fraction of sp³-hybridized carbons (Fsp3) is 0.375. The molecule has 0 aliphatic rings. The van der Waals surface area contributed by atoms with Gasteiger partial charge in [-0.2, -0.15) is 0 Å². The minimum absolute atomic E-state index is 0.541. The first-order chi connectivity index (χ1) is 5.24. The summed E-state index contributed by atoms with van der Waals surface area (Å²) in [7, 11) is 0. The topological polar surface area (TPSA) is 38.9 Å². The zero-order valence-electron chi connectivity index (χ0n) is 6.47. The van der Waals surface area contributed by atoms with Gasteiger partial charge in [-0.25, -0.2) is 4.98 Å². The molecule has 0 aliphatic heterocycles. The second-order valence-electron chi connectivity index (χ2n) is 2.44. The molecule has 1 rings (SSSR count). The third-order valence-corrected chi connectivity index (χ3v) is 1.76. The van der Waals surface area contributed by atoms with Crippen LogP contribution >= 0.6 is 11.6 Å². The number of hydrogen-bond acceptors (Lipinski definition) is 2. The van der Waals surface area contributed by atoms with Crippen LogP contribution in [0.1, 0.15) is 11.3 Å². The number of pyridine rings is 1. The lowest BCUT2D eigenvalue weighted by atomic mass is 10.2. The Morgan fingerprint density at radius 1 is 1.55 bits per heavy atom. The van der Waals surface area contributed by atoms with Gasteiger partial charge in [0.1, 0.15) is 5.15 Å². The van der Waals surface area contributed by atoms with Crippen LogP contribution < -0.4 is 5.73 Å². The van der Waals surface area contributed by atoms with Crippen LogP contribution in [0.4, 0.5) is 0 Å². The lowest BCUT2D eigenvalue weighted by Crippen LogP contribution is -2.05. The molecule has 3 heteroatoms. The Hall–Kier alpha value is -0.600. The fourth-order valence-corrected chi connectivity index (χ4v) is 1.10. The lowest BCUT2D eigenvalue weighted by Gasteiger charge is -2.02. The third-order valence-electron chi connectivity index (χ3n) is 1.55. The maximum absolute atomic E-state index is 5.70. The van der Waals surface area contributed by atoms with Gasteiger partial charge in [0.2, 0.25) is 0 Å². The van der Waals surface area contributed by atoms with Crippen molar-refractivity contribution >= 4 is 11.6 Å². The minimum Gasteiger partial charge on any atom is -0.330 e. The molecule has 0 radical (unpaired) electrons. The monoisotopic (exact) mass is 170 g/mol. The van der Waals surface area contributed by atoms with Crippen molar-refractivity contribution in [2.45, 2.75) is 13.3 Å². The molecule has 0 amide bonds.